The van der Waals surface area contributed by atoms with Crippen LogP contribution in [0.25, 0.3) is 6.08 Å². The SMILES string of the molecule is COc1cc(/C=C(\C#N)C(N)=S)ccc1OCC(=O)Nc1cccc(C)c1. The average molecular weight is 381 g/mol. The number of methoxy groups -OCH3 is 1. The zero-order chi connectivity index (χ0) is 19.8. The Hall–Kier alpha value is -3.37. The second-order valence-electron chi connectivity index (χ2n) is 5.65. The molecule has 2 rings (SSSR count). The molecule has 0 aliphatic rings. The van der Waals surface area contributed by atoms with Crippen LogP contribution in [0.15, 0.2) is 48.0 Å². The summed E-state index contributed by atoms with van der Waals surface area (Å²) in [6.07, 6.45) is 1.55. The first kappa shape index (κ1) is 19.9. The van der Waals surface area contributed by atoms with Gasteiger partial charge in [0, 0.05) is 5.69 Å². The molecule has 0 heterocycles. The van der Waals surface area contributed by atoms with Crippen LogP contribution in [0.5, 0.6) is 11.5 Å². The van der Waals surface area contributed by atoms with Crippen LogP contribution >= 0.6 is 12.2 Å². The molecule has 2 aromatic rings. The molecule has 0 saturated heterocycles. The highest BCUT2D eigenvalue weighted by Gasteiger charge is 2.09. The summed E-state index contributed by atoms with van der Waals surface area (Å²) in [5.74, 6) is 0.544. The predicted octanol–water partition coefficient (Wildman–Crippen LogP) is 3.21. The number of aryl methyl sites for hydroxylation is 1. The molecule has 0 aromatic heterocycles. The van der Waals surface area contributed by atoms with Gasteiger partial charge in [-0.05, 0) is 48.4 Å². The third kappa shape index (κ3) is 5.83. The first-order chi connectivity index (χ1) is 12.9. The van der Waals surface area contributed by atoms with E-state index in [0.717, 1.165) is 5.56 Å². The maximum atomic E-state index is 12.1. The summed E-state index contributed by atoms with van der Waals surface area (Å²) in [6.45, 7) is 1.78. The lowest BCUT2D eigenvalue weighted by atomic mass is 10.1. The van der Waals surface area contributed by atoms with Crippen molar-refractivity contribution in [1.82, 2.24) is 0 Å². The van der Waals surface area contributed by atoms with Crippen molar-refractivity contribution in [2.45, 2.75) is 6.92 Å². The number of rotatable bonds is 7. The van der Waals surface area contributed by atoms with Crippen molar-refractivity contribution in [2.75, 3.05) is 19.0 Å². The van der Waals surface area contributed by atoms with Gasteiger partial charge in [-0.25, -0.2) is 0 Å². The summed E-state index contributed by atoms with van der Waals surface area (Å²) < 4.78 is 10.8. The lowest BCUT2D eigenvalue weighted by Gasteiger charge is -2.12. The Balaban J connectivity index is 2.07. The molecule has 0 spiro atoms. The molecule has 0 atom stereocenters. The van der Waals surface area contributed by atoms with Crippen LogP contribution in [0.2, 0.25) is 0 Å². The maximum absolute atomic E-state index is 12.1. The number of nitrogens with one attached hydrogen (secondary N) is 1. The van der Waals surface area contributed by atoms with Crippen LogP contribution in [0.3, 0.4) is 0 Å². The normalized spacial score (nSPS) is 10.6. The van der Waals surface area contributed by atoms with E-state index in [1.807, 2.05) is 31.2 Å². The number of thiocarbonyl (C=S) groups is 1. The number of nitrogens with two attached hydrogens (primary N) is 1. The van der Waals surface area contributed by atoms with Crippen LogP contribution < -0.4 is 20.5 Å². The number of benzene rings is 2. The highest BCUT2D eigenvalue weighted by atomic mass is 32.1. The molecular weight excluding hydrogens is 362 g/mol. The first-order valence-electron chi connectivity index (χ1n) is 8.02. The highest BCUT2D eigenvalue weighted by molar-refractivity contribution is 7.80. The van der Waals surface area contributed by atoms with E-state index in [1.165, 1.54) is 7.11 Å². The zero-order valence-corrected chi connectivity index (χ0v) is 15.8. The van der Waals surface area contributed by atoms with Gasteiger partial charge in [0.1, 0.15) is 11.1 Å². The molecular formula is C20H19N3O3S. The summed E-state index contributed by atoms with van der Waals surface area (Å²) in [6, 6.07) is 14.5. The fourth-order valence-corrected chi connectivity index (χ4v) is 2.39. The van der Waals surface area contributed by atoms with Crippen LogP contribution in [0, 0.1) is 18.3 Å². The topological polar surface area (TPSA) is 97.4 Å². The minimum Gasteiger partial charge on any atom is -0.493 e. The smallest absolute Gasteiger partial charge is 0.262 e. The van der Waals surface area contributed by atoms with Crippen molar-refractivity contribution in [1.29, 1.82) is 5.26 Å². The summed E-state index contributed by atoms with van der Waals surface area (Å²) in [4.78, 5) is 12.1. The van der Waals surface area contributed by atoms with Crippen molar-refractivity contribution in [3.05, 3.63) is 59.2 Å². The quantitative estimate of drug-likeness (QED) is 0.434. The Morgan fingerprint density at radius 3 is 2.70 bits per heavy atom. The van der Waals surface area contributed by atoms with Crippen molar-refractivity contribution in [3.8, 4) is 17.6 Å². The molecule has 0 bridgehead atoms. The number of ether oxygens (including phenoxy) is 2. The van der Waals surface area contributed by atoms with E-state index in [2.05, 4.69) is 5.32 Å². The first-order valence-corrected chi connectivity index (χ1v) is 8.42. The van der Waals surface area contributed by atoms with Gasteiger partial charge in [0.25, 0.3) is 5.91 Å². The number of hydrogen-bond donors (Lipinski definition) is 2. The highest BCUT2D eigenvalue weighted by Crippen LogP contribution is 2.29. The number of nitrogens with zero attached hydrogens (tertiary/aromatic N) is 1. The fourth-order valence-electron chi connectivity index (χ4n) is 2.28. The van der Waals surface area contributed by atoms with Gasteiger partial charge < -0.3 is 20.5 Å². The Morgan fingerprint density at radius 2 is 2.07 bits per heavy atom. The molecule has 0 aliphatic heterocycles. The zero-order valence-electron chi connectivity index (χ0n) is 15.0. The van der Waals surface area contributed by atoms with Gasteiger partial charge in [0.05, 0.1) is 12.7 Å². The van der Waals surface area contributed by atoms with E-state index in [1.54, 1.807) is 30.3 Å². The molecule has 0 saturated carbocycles. The number of carbonyl (C=O) groups excluding carboxylic acids is 1. The molecule has 0 aliphatic carbocycles. The van der Waals surface area contributed by atoms with Gasteiger partial charge in [0.2, 0.25) is 0 Å². The molecule has 1 amide bonds. The van der Waals surface area contributed by atoms with Crippen molar-refractivity contribution in [3.63, 3.8) is 0 Å². The van der Waals surface area contributed by atoms with Crippen molar-refractivity contribution in [2.24, 2.45) is 5.73 Å². The third-order valence-corrected chi connectivity index (χ3v) is 3.77. The largest absolute Gasteiger partial charge is 0.493 e. The lowest BCUT2D eigenvalue weighted by molar-refractivity contribution is -0.118. The number of carbonyl (C=O) groups is 1. The van der Waals surface area contributed by atoms with Gasteiger partial charge in [0.15, 0.2) is 18.1 Å². The Bertz CT molecular complexity index is 932. The number of amides is 1. The van der Waals surface area contributed by atoms with E-state index < -0.39 is 0 Å². The molecule has 138 valence electrons. The Morgan fingerprint density at radius 1 is 1.30 bits per heavy atom. The second kappa shape index (κ2) is 9.36. The molecule has 2 aromatic carbocycles. The van der Waals surface area contributed by atoms with Crippen LogP contribution in [0.4, 0.5) is 5.69 Å². The van der Waals surface area contributed by atoms with Gasteiger partial charge in [-0.3, -0.25) is 4.79 Å². The number of anilines is 1. The molecule has 0 radical (unpaired) electrons. The summed E-state index contributed by atoms with van der Waals surface area (Å²) in [7, 11) is 1.49. The summed E-state index contributed by atoms with van der Waals surface area (Å²) in [5, 5.41) is 11.8. The molecule has 7 heteroatoms. The monoisotopic (exact) mass is 381 g/mol. The molecule has 6 nitrogen and oxygen atoms in total. The van der Waals surface area contributed by atoms with E-state index in [4.69, 9.17) is 32.7 Å². The van der Waals surface area contributed by atoms with Gasteiger partial charge in [-0.15, -0.1) is 0 Å². The summed E-state index contributed by atoms with van der Waals surface area (Å²) in [5.41, 5.74) is 8.11. The van der Waals surface area contributed by atoms with Crippen LogP contribution in [0.1, 0.15) is 11.1 Å². The summed E-state index contributed by atoms with van der Waals surface area (Å²) >= 11 is 4.82. The fraction of sp³-hybridized carbons (Fsp3) is 0.150. The van der Waals surface area contributed by atoms with Gasteiger partial charge in [-0.2, -0.15) is 5.26 Å². The van der Waals surface area contributed by atoms with E-state index in [-0.39, 0.29) is 23.1 Å². The van der Waals surface area contributed by atoms with E-state index in [0.29, 0.717) is 22.7 Å². The van der Waals surface area contributed by atoms with Gasteiger partial charge in [-0.1, -0.05) is 30.4 Å². The van der Waals surface area contributed by atoms with Crippen molar-refractivity contribution >= 4 is 34.9 Å². The predicted molar refractivity (Wildman–Crippen MR) is 109 cm³/mol. The molecule has 0 unspecified atom stereocenters. The number of nitriles is 1. The van der Waals surface area contributed by atoms with Crippen molar-refractivity contribution < 1.29 is 14.3 Å². The lowest BCUT2D eigenvalue weighted by Crippen LogP contribution is -2.20. The average Bonchev–Trinajstić information content (AvgIpc) is 2.64. The maximum Gasteiger partial charge on any atom is 0.262 e. The van der Waals surface area contributed by atoms with Gasteiger partial charge >= 0.3 is 0 Å². The van der Waals surface area contributed by atoms with Crippen LogP contribution in [-0.2, 0) is 4.79 Å². The Kier molecular flexibility index (Phi) is 6.92. The third-order valence-electron chi connectivity index (χ3n) is 3.55. The van der Waals surface area contributed by atoms with E-state index in [9.17, 15) is 4.79 Å². The molecule has 27 heavy (non-hydrogen) atoms. The minimum absolute atomic E-state index is 0.0182. The standard InChI is InChI=1S/C20H19N3O3S/c1-13-4-3-5-16(8-13)23-19(24)12-26-17-7-6-14(10-18(17)25-2)9-15(11-21)20(22)27/h3-10H,12H2,1-2H3,(H2,22,27)(H,23,24)/b15-9+. The number of hydrogen-bond acceptors (Lipinski definition) is 5. The molecule has 3 N–H and O–H groups in total. The molecule has 0 fully saturated rings. The van der Waals surface area contributed by atoms with Crippen LogP contribution in [-0.4, -0.2) is 24.6 Å². The minimum atomic E-state index is -0.285. The second-order valence-corrected chi connectivity index (χ2v) is 6.09. The Labute approximate surface area is 163 Å². The van der Waals surface area contributed by atoms with E-state index >= 15 is 0 Å².